The van der Waals surface area contributed by atoms with E-state index in [1.54, 1.807) is 0 Å². The molecule has 1 aromatic rings. The van der Waals surface area contributed by atoms with Crippen molar-refractivity contribution in [3.8, 4) is 6.01 Å². The summed E-state index contributed by atoms with van der Waals surface area (Å²) in [6, 6.07) is -0.292. The maximum Gasteiger partial charge on any atom is 0.316 e. The predicted octanol–water partition coefficient (Wildman–Crippen LogP) is 1.02. The van der Waals surface area contributed by atoms with Crippen LogP contribution in [0.3, 0.4) is 0 Å². The molecular formula is C7H7BrN2O2. The van der Waals surface area contributed by atoms with E-state index in [-0.39, 0.29) is 6.01 Å². The smallest absolute Gasteiger partial charge is 0.316 e. The van der Waals surface area contributed by atoms with Gasteiger partial charge in [0.05, 0.1) is 24.4 Å². The largest absolute Gasteiger partial charge is 0.455 e. The predicted molar refractivity (Wildman–Crippen MR) is 45.0 cm³/mol. The molecule has 1 fully saturated rings. The molecule has 1 aliphatic rings. The van der Waals surface area contributed by atoms with Crippen LogP contribution in [0.1, 0.15) is 6.85 Å². The average Bonchev–Trinajstić information content (AvgIpc) is 2.19. The summed E-state index contributed by atoms with van der Waals surface area (Å²) in [4.78, 5) is 7.37. The molecule has 1 saturated heterocycles. The lowest BCUT2D eigenvalue weighted by Crippen LogP contribution is -2.38. The summed E-state index contributed by atoms with van der Waals surface area (Å²) >= 11 is 3.10. The molecular weight excluding hydrogens is 224 g/mol. The van der Waals surface area contributed by atoms with Gasteiger partial charge in [0.1, 0.15) is 6.08 Å². The van der Waals surface area contributed by atoms with E-state index in [9.17, 15) is 0 Å². The van der Waals surface area contributed by atoms with Crippen molar-refractivity contribution in [2.75, 3.05) is 13.1 Å². The van der Waals surface area contributed by atoms with Crippen LogP contribution in [-0.2, 0) is 4.74 Å². The van der Waals surface area contributed by atoms with Crippen LogP contribution in [0.15, 0.2) is 16.9 Å². The standard InChI is InChI=1S/C7H7BrN2O2/c8-5-1-9-7(10-2-5)12-6-3-11-4-6/h1-2,6H,3-4H2/i3D2,4D2,6D. The SMILES string of the molecule is [2H]C1([2H])OC([2H])([2H])C1([2H])Oc1ncc(Br)cn1. The molecule has 0 radical (unpaired) electrons. The molecule has 0 unspecified atom stereocenters. The summed E-state index contributed by atoms with van der Waals surface area (Å²) in [7, 11) is 0. The van der Waals surface area contributed by atoms with E-state index < -0.39 is 19.2 Å². The van der Waals surface area contributed by atoms with Crippen molar-refractivity contribution in [1.29, 1.82) is 0 Å². The first-order chi connectivity index (χ1) is 7.68. The van der Waals surface area contributed by atoms with Crippen LogP contribution in [0, 0.1) is 0 Å². The second-order valence-electron chi connectivity index (χ2n) is 1.92. The van der Waals surface area contributed by atoms with Gasteiger partial charge in [0, 0.05) is 12.4 Å². The third-order valence-corrected chi connectivity index (χ3v) is 1.49. The van der Waals surface area contributed by atoms with Crippen molar-refractivity contribution in [2.45, 2.75) is 6.08 Å². The van der Waals surface area contributed by atoms with Crippen LogP contribution in [0.5, 0.6) is 6.01 Å². The Bertz CT molecular complexity index is 426. The zero-order valence-electron chi connectivity index (χ0n) is 10.7. The van der Waals surface area contributed by atoms with Crippen LogP contribution in [-0.4, -0.2) is 29.2 Å². The molecule has 1 aliphatic heterocycles. The van der Waals surface area contributed by atoms with Crippen molar-refractivity contribution in [3.63, 3.8) is 0 Å². The van der Waals surface area contributed by atoms with E-state index >= 15 is 0 Å². The number of nitrogens with zero attached hydrogens (tertiary/aromatic N) is 2. The molecule has 0 aliphatic carbocycles. The molecule has 2 heterocycles. The number of rotatable bonds is 2. The number of ether oxygens (including phenoxy) is 2. The van der Waals surface area contributed by atoms with E-state index in [2.05, 4.69) is 30.6 Å². The van der Waals surface area contributed by atoms with Crippen molar-refractivity contribution in [3.05, 3.63) is 16.9 Å². The highest BCUT2D eigenvalue weighted by atomic mass is 79.9. The number of hydrogen-bond acceptors (Lipinski definition) is 4. The molecule has 1 aromatic heterocycles. The average molecular weight is 236 g/mol. The lowest BCUT2D eigenvalue weighted by Gasteiger charge is -2.25. The van der Waals surface area contributed by atoms with Crippen molar-refractivity contribution in [2.24, 2.45) is 0 Å². The van der Waals surface area contributed by atoms with Crippen LogP contribution >= 0.6 is 15.9 Å². The van der Waals surface area contributed by atoms with Gasteiger partial charge in [-0.2, -0.15) is 0 Å². The van der Waals surface area contributed by atoms with E-state index in [1.165, 1.54) is 12.4 Å². The highest BCUT2D eigenvalue weighted by molar-refractivity contribution is 9.10. The topological polar surface area (TPSA) is 44.2 Å². The monoisotopic (exact) mass is 235 g/mol. The summed E-state index contributed by atoms with van der Waals surface area (Å²) in [5.41, 5.74) is 0. The van der Waals surface area contributed by atoms with Gasteiger partial charge in [-0.3, -0.25) is 0 Å². The second kappa shape index (κ2) is 3.37. The Balaban J connectivity index is 2.25. The molecule has 64 valence electrons. The molecule has 12 heavy (non-hydrogen) atoms. The van der Waals surface area contributed by atoms with Gasteiger partial charge >= 0.3 is 6.01 Å². The second-order valence-corrected chi connectivity index (χ2v) is 2.84. The van der Waals surface area contributed by atoms with E-state index in [0.29, 0.717) is 4.47 Å². The molecule has 0 atom stereocenters. The van der Waals surface area contributed by atoms with Gasteiger partial charge in [0.25, 0.3) is 0 Å². The minimum Gasteiger partial charge on any atom is -0.455 e. The van der Waals surface area contributed by atoms with E-state index in [0.717, 1.165) is 0 Å². The third kappa shape index (κ3) is 1.73. The summed E-state index contributed by atoms with van der Waals surface area (Å²) in [5, 5.41) is 0. The third-order valence-electron chi connectivity index (χ3n) is 1.08. The van der Waals surface area contributed by atoms with Crippen LogP contribution in [0.2, 0.25) is 0 Å². The maximum atomic E-state index is 7.67. The van der Waals surface area contributed by atoms with Gasteiger partial charge in [-0.25, -0.2) is 9.97 Å². The van der Waals surface area contributed by atoms with Crippen LogP contribution in [0.4, 0.5) is 0 Å². The summed E-state index contributed by atoms with van der Waals surface area (Å²) in [6.45, 7) is -5.13. The van der Waals surface area contributed by atoms with E-state index in [1.807, 2.05) is 0 Å². The zero-order chi connectivity index (χ0) is 12.9. The van der Waals surface area contributed by atoms with E-state index in [4.69, 9.17) is 11.6 Å². The van der Waals surface area contributed by atoms with Gasteiger partial charge in [-0.15, -0.1) is 0 Å². The summed E-state index contributed by atoms with van der Waals surface area (Å²) in [5.74, 6) is 0. The lowest BCUT2D eigenvalue weighted by molar-refractivity contribution is -0.0831. The number of halogens is 1. The molecule has 5 heteroatoms. The first-order valence-corrected chi connectivity index (χ1v) is 3.84. The molecule has 0 aromatic carbocycles. The Kier molecular flexibility index (Phi) is 1.13. The molecule has 0 N–H and O–H groups in total. The fourth-order valence-corrected chi connectivity index (χ4v) is 0.784. The molecule has 2 rings (SSSR count). The highest BCUT2D eigenvalue weighted by Crippen LogP contribution is 2.12. The molecule has 0 bridgehead atoms. The van der Waals surface area contributed by atoms with Crippen molar-refractivity contribution >= 4 is 15.9 Å². The number of aromatic nitrogens is 2. The van der Waals surface area contributed by atoms with Crippen molar-refractivity contribution in [1.82, 2.24) is 9.97 Å². The molecule has 0 saturated carbocycles. The Labute approximate surface area is 85.1 Å². The quantitative estimate of drug-likeness (QED) is 0.768. The first kappa shape index (κ1) is 4.02. The minimum atomic E-state index is -2.56. The van der Waals surface area contributed by atoms with Gasteiger partial charge in [0.2, 0.25) is 0 Å². The molecule has 0 spiro atoms. The summed E-state index contributed by atoms with van der Waals surface area (Å²) < 4.78 is 46.6. The Morgan fingerprint density at radius 3 is 2.92 bits per heavy atom. The maximum absolute atomic E-state index is 7.67. The van der Waals surface area contributed by atoms with Crippen molar-refractivity contribution < 1.29 is 16.3 Å². The number of hydrogen-bond donors (Lipinski definition) is 0. The fourth-order valence-electron chi connectivity index (χ4n) is 0.579. The van der Waals surface area contributed by atoms with Crippen LogP contribution in [0.25, 0.3) is 0 Å². The lowest BCUT2D eigenvalue weighted by atomic mass is 10.3. The Morgan fingerprint density at radius 2 is 2.33 bits per heavy atom. The van der Waals surface area contributed by atoms with Crippen LogP contribution < -0.4 is 4.74 Å². The molecule has 0 amide bonds. The first-order valence-electron chi connectivity index (χ1n) is 5.55. The normalized spacial score (nSPS) is 34.2. The Hall–Kier alpha value is -0.680. The molecule has 4 nitrogen and oxygen atoms in total. The minimum absolute atomic E-state index is 0.292. The van der Waals surface area contributed by atoms with Gasteiger partial charge in [-0.05, 0) is 15.9 Å². The van der Waals surface area contributed by atoms with Gasteiger partial charge in [0.15, 0.2) is 0 Å². The summed E-state index contributed by atoms with van der Waals surface area (Å²) in [6.07, 6.45) is 0.153. The van der Waals surface area contributed by atoms with Gasteiger partial charge < -0.3 is 9.47 Å². The Morgan fingerprint density at radius 1 is 1.67 bits per heavy atom. The van der Waals surface area contributed by atoms with Gasteiger partial charge in [-0.1, -0.05) is 0 Å². The highest BCUT2D eigenvalue weighted by Gasteiger charge is 2.20. The fraction of sp³-hybridized carbons (Fsp3) is 0.429. The zero-order valence-corrected chi connectivity index (χ0v) is 7.33.